The zero-order valence-corrected chi connectivity index (χ0v) is 17.4. The Bertz CT molecular complexity index is 750. The molecule has 0 aromatic carbocycles. The second-order valence-electron chi connectivity index (χ2n) is 9.57. The van der Waals surface area contributed by atoms with Gasteiger partial charge in [0, 0.05) is 30.6 Å². The Morgan fingerprint density at radius 2 is 1.82 bits per heavy atom. The zero-order valence-electron chi connectivity index (χ0n) is 17.4. The molecule has 0 spiro atoms. The summed E-state index contributed by atoms with van der Waals surface area (Å²) in [4.78, 5) is 24.7. The summed E-state index contributed by atoms with van der Waals surface area (Å²) >= 11 is 0. The Morgan fingerprint density at radius 1 is 1.21 bits per heavy atom. The van der Waals surface area contributed by atoms with Crippen LogP contribution in [0.3, 0.4) is 0 Å². The fourth-order valence-electron chi connectivity index (χ4n) is 5.97. The van der Waals surface area contributed by atoms with Crippen molar-refractivity contribution in [3.8, 4) is 0 Å². The molecule has 0 amide bonds. The van der Waals surface area contributed by atoms with Crippen LogP contribution in [0, 0.1) is 22.7 Å². The first kappa shape index (κ1) is 21.2. The highest BCUT2D eigenvalue weighted by Gasteiger charge is 2.61. The molecule has 2 bridgehead atoms. The molecule has 7 atom stereocenters. The predicted octanol–water partition coefficient (Wildman–Crippen LogP) is 1.92. The topological polar surface area (TPSA) is 104 Å². The number of carbonyl (C=O) groups is 2. The molecule has 0 aliphatic heterocycles. The van der Waals surface area contributed by atoms with Gasteiger partial charge in [-0.05, 0) is 41.9 Å². The second-order valence-corrected chi connectivity index (χ2v) is 9.57. The highest BCUT2D eigenvalue weighted by Crippen LogP contribution is 2.58. The first-order chi connectivity index (χ1) is 12.8. The average molecular weight is 392 g/mol. The normalized spacial score (nSPS) is 43.1. The van der Waals surface area contributed by atoms with Gasteiger partial charge in [0.15, 0.2) is 11.9 Å². The van der Waals surface area contributed by atoms with Gasteiger partial charge in [-0.3, -0.25) is 9.59 Å². The van der Waals surface area contributed by atoms with Gasteiger partial charge in [0.25, 0.3) is 0 Å². The van der Waals surface area contributed by atoms with Gasteiger partial charge in [0.1, 0.15) is 6.10 Å². The maximum Gasteiger partial charge on any atom is 0.303 e. The molecule has 0 aromatic rings. The van der Waals surface area contributed by atoms with Crippen LogP contribution >= 0.6 is 0 Å². The molecule has 3 rings (SSSR count). The lowest BCUT2D eigenvalue weighted by Gasteiger charge is -2.58. The van der Waals surface area contributed by atoms with Gasteiger partial charge in [-0.15, -0.1) is 0 Å². The number of ether oxygens (including phenoxy) is 1. The highest BCUT2D eigenvalue weighted by molar-refractivity contribution is 5.97. The summed E-state index contributed by atoms with van der Waals surface area (Å²) in [5.74, 6) is -1.70. The van der Waals surface area contributed by atoms with Crippen LogP contribution in [0.2, 0.25) is 0 Å². The van der Waals surface area contributed by atoms with Crippen LogP contribution in [-0.2, 0) is 14.3 Å². The molecular weight excluding hydrogens is 360 g/mol. The smallest absolute Gasteiger partial charge is 0.303 e. The van der Waals surface area contributed by atoms with E-state index in [1.54, 1.807) is 6.92 Å². The Hall–Kier alpha value is -1.50. The van der Waals surface area contributed by atoms with Crippen LogP contribution in [0.15, 0.2) is 23.3 Å². The van der Waals surface area contributed by atoms with Crippen molar-refractivity contribution in [2.75, 3.05) is 0 Å². The fourth-order valence-corrected chi connectivity index (χ4v) is 5.97. The number of aliphatic hydroxyl groups is 3. The summed E-state index contributed by atoms with van der Waals surface area (Å²) in [6.45, 7) is 12.7. The number of hydrogen-bond donors (Lipinski definition) is 3. The van der Waals surface area contributed by atoms with Crippen LogP contribution < -0.4 is 0 Å². The Morgan fingerprint density at radius 3 is 2.39 bits per heavy atom. The lowest BCUT2D eigenvalue weighted by Crippen LogP contribution is -2.62. The van der Waals surface area contributed by atoms with Crippen molar-refractivity contribution in [2.24, 2.45) is 22.7 Å². The molecule has 1 unspecified atom stereocenters. The van der Waals surface area contributed by atoms with Gasteiger partial charge < -0.3 is 20.1 Å². The van der Waals surface area contributed by atoms with E-state index >= 15 is 0 Å². The molecule has 6 nitrogen and oxygen atoms in total. The van der Waals surface area contributed by atoms with Crippen molar-refractivity contribution in [1.82, 2.24) is 0 Å². The quantitative estimate of drug-likeness (QED) is 0.465. The Balaban J connectivity index is 2.28. The number of hydrogen-bond acceptors (Lipinski definition) is 6. The van der Waals surface area contributed by atoms with E-state index in [0.29, 0.717) is 29.6 Å². The number of carbonyl (C=O) groups excluding carboxylic acids is 2. The molecular formula is C22H32O6. The van der Waals surface area contributed by atoms with Gasteiger partial charge in [0.05, 0.1) is 12.2 Å². The van der Waals surface area contributed by atoms with Crippen LogP contribution in [0.5, 0.6) is 0 Å². The second kappa shape index (κ2) is 6.78. The summed E-state index contributed by atoms with van der Waals surface area (Å²) in [7, 11) is 0. The lowest BCUT2D eigenvalue weighted by molar-refractivity contribution is -0.177. The van der Waals surface area contributed by atoms with E-state index in [9.17, 15) is 24.9 Å². The third-order valence-corrected chi connectivity index (χ3v) is 7.64. The molecule has 28 heavy (non-hydrogen) atoms. The standard InChI is InChI=1S/C22H32O6/c1-10-14(24)7-8-22(6)16(10)18(26)13-9-15(25)11(2)17(21(13,4)5)19(20(22)27)28-12(3)23/h13-14,16,18-20,24,26-27H,1,7-9H2,2-6H3/t13?,14-,16-,18+,19+,20-,22+/m0/s1. The minimum atomic E-state index is -1.14. The number of Topliss-reactive ketones (excluding diaryl/α,β-unsaturated/α-hetero) is 1. The summed E-state index contributed by atoms with van der Waals surface area (Å²) in [5, 5.41) is 33.3. The van der Waals surface area contributed by atoms with Crippen molar-refractivity contribution >= 4 is 11.8 Å². The largest absolute Gasteiger partial charge is 0.455 e. The van der Waals surface area contributed by atoms with Crippen LogP contribution in [-0.4, -0.2) is 51.5 Å². The maximum atomic E-state index is 12.8. The van der Waals surface area contributed by atoms with E-state index in [0.717, 1.165) is 0 Å². The molecule has 3 aliphatic carbocycles. The Labute approximate surface area is 166 Å². The molecule has 0 saturated heterocycles. The maximum absolute atomic E-state index is 12.8. The number of fused-ring (bicyclic) bond motifs is 3. The van der Waals surface area contributed by atoms with E-state index < -0.39 is 53.1 Å². The molecule has 0 radical (unpaired) electrons. The van der Waals surface area contributed by atoms with Crippen molar-refractivity contribution in [2.45, 2.75) is 78.3 Å². The number of ketones is 1. The van der Waals surface area contributed by atoms with E-state index in [1.165, 1.54) is 6.92 Å². The van der Waals surface area contributed by atoms with Gasteiger partial charge >= 0.3 is 5.97 Å². The van der Waals surface area contributed by atoms with E-state index in [4.69, 9.17) is 4.74 Å². The fraction of sp³-hybridized carbons (Fsp3) is 0.727. The van der Waals surface area contributed by atoms with E-state index in [1.807, 2.05) is 20.8 Å². The van der Waals surface area contributed by atoms with Gasteiger partial charge in [-0.2, -0.15) is 0 Å². The molecule has 2 fully saturated rings. The molecule has 0 heterocycles. The predicted molar refractivity (Wildman–Crippen MR) is 103 cm³/mol. The molecule has 3 N–H and O–H groups in total. The SMILES string of the molecule is C=C1[C@@H](O)CC[C@@]2(C)[C@@H](O)[C@H](OC(C)=O)C3=C(C)C(=O)CC([C@@H](O)[C@H]12)C3(C)C. The minimum Gasteiger partial charge on any atom is -0.455 e. The average Bonchev–Trinajstić information content (AvgIpc) is 2.59. The molecule has 6 heteroatoms. The summed E-state index contributed by atoms with van der Waals surface area (Å²) in [5.41, 5.74) is 0.0289. The van der Waals surface area contributed by atoms with Gasteiger partial charge in [-0.1, -0.05) is 27.4 Å². The first-order valence-corrected chi connectivity index (χ1v) is 9.98. The van der Waals surface area contributed by atoms with Crippen molar-refractivity contribution in [1.29, 1.82) is 0 Å². The molecule has 156 valence electrons. The zero-order chi connectivity index (χ0) is 21.2. The number of allylic oxidation sites excluding steroid dienone is 1. The number of esters is 1. The van der Waals surface area contributed by atoms with Crippen LogP contribution in [0.1, 0.15) is 53.9 Å². The third-order valence-electron chi connectivity index (χ3n) is 7.64. The summed E-state index contributed by atoms with van der Waals surface area (Å²) in [6, 6.07) is 0. The Kier molecular flexibility index (Phi) is 5.14. The van der Waals surface area contributed by atoms with Crippen molar-refractivity contribution < 1.29 is 29.6 Å². The van der Waals surface area contributed by atoms with Gasteiger partial charge in [-0.25, -0.2) is 0 Å². The van der Waals surface area contributed by atoms with E-state index in [2.05, 4.69) is 6.58 Å². The van der Waals surface area contributed by atoms with Crippen molar-refractivity contribution in [3.63, 3.8) is 0 Å². The molecule has 3 aliphatic rings. The summed E-state index contributed by atoms with van der Waals surface area (Å²) in [6.07, 6.45) is -2.83. The molecule has 0 aromatic heterocycles. The minimum absolute atomic E-state index is 0.117. The van der Waals surface area contributed by atoms with Crippen molar-refractivity contribution in [3.05, 3.63) is 23.3 Å². The lowest BCUT2D eigenvalue weighted by atomic mass is 9.49. The van der Waals surface area contributed by atoms with E-state index in [-0.39, 0.29) is 12.2 Å². The monoisotopic (exact) mass is 392 g/mol. The first-order valence-electron chi connectivity index (χ1n) is 9.98. The summed E-state index contributed by atoms with van der Waals surface area (Å²) < 4.78 is 5.62. The van der Waals surface area contributed by atoms with Crippen LogP contribution in [0.4, 0.5) is 0 Å². The number of aliphatic hydroxyl groups excluding tert-OH is 3. The third kappa shape index (κ3) is 2.88. The number of rotatable bonds is 1. The highest BCUT2D eigenvalue weighted by atomic mass is 16.6. The molecule has 2 saturated carbocycles. The van der Waals surface area contributed by atoms with Gasteiger partial charge in [0.2, 0.25) is 0 Å². The van der Waals surface area contributed by atoms with Crippen LogP contribution in [0.25, 0.3) is 0 Å².